The van der Waals surface area contributed by atoms with Crippen LogP contribution in [0.1, 0.15) is 5.69 Å². The number of nitrogens with one attached hydrogen (secondary N) is 1. The van der Waals surface area contributed by atoms with Crippen LogP contribution >= 0.6 is 23.1 Å². The molecule has 0 aromatic carbocycles. The van der Waals surface area contributed by atoms with Crippen LogP contribution in [0, 0.1) is 0 Å². The molecule has 0 radical (unpaired) electrons. The molecule has 118 valence electrons. The Morgan fingerprint density at radius 2 is 2.09 bits per heavy atom. The molecule has 0 unspecified atom stereocenters. The Hall–Kier alpha value is -2.33. The van der Waals surface area contributed by atoms with Gasteiger partial charge in [0, 0.05) is 37.6 Å². The molecule has 4 aromatic heterocycles. The molecule has 0 aliphatic carbocycles. The van der Waals surface area contributed by atoms with Gasteiger partial charge in [-0.3, -0.25) is 18.3 Å². The molecule has 4 aromatic rings. The van der Waals surface area contributed by atoms with Crippen LogP contribution in [0.5, 0.6) is 0 Å². The molecule has 10 heteroatoms. The van der Waals surface area contributed by atoms with Gasteiger partial charge in [0.15, 0.2) is 21.3 Å². The van der Waals surface area contributed by atoms with Gasteiger partial charge in [-0.1, -0.05) is 11.8 Å². The summed E-state index contributed by atoms with van der Waals surface area (Å²) in [5, 5.41) is 2.57. The second-order valence-electron chi connectivity index (χ2n) is 5.06. The van der Waals surface area contributed by atoms with E-state index in [4.69, 9.17) is 0 Å². The second-order valence-corrected chi connectivity index (χ2v) is 6.90. The van der Waals surface area contributed by atoms with Crippen molar-refractivity contribution >= 4 is 39.2 Å². The average Bonchev–Trinajstić information content (AvgIpc) is 3.22. The van der Waals surface area contributed by atoms with E-state index in [2.05, 4.69) is 15.0 Å². The molecular weight excluding hydrogens is 336 g/mol. The first-order valence-corrected chi connectivity index (χ1v) is 8.60. The van der Waals surface area contributed by atoms with Gasteiger partial charge in [0.1, 0.15) is 0 Å². The van der Waals surface area contributed by atoms with Gasteiger partial charge in [0.25, 0.3) is 5.56 Å². The molecule has 0 bridgehead atoms. The maximum atomic E-state index is 12.1. The fourth-order valence-corrected chi connectivity index (χ4v) is 3.83. The normalized spacial score (nSPS) is 11.7. The fraction of sp³-hybridized carbons (Fsp3) is 0.231. The van der Waals surface area contributed by atoms with E-state index < -0.39 is 0 Å². The third kappa shape index (κ3) is 2.21. The summed E-state index contributed by atoms with van der Waals surface area (Å²) in [6, 6.07) is 0. The minimum Gasteiger partial charge on any atom is -0.327 e. The van der Waals surface area contributed by atoms with E-state index in [9.17, 15) is 9.59 Å². The zero-order valence-corrected chi connectivity index (χ0v) is 13.9. The highest BCUT2D eigenvalue weighted by atomic mass is 32.2. The van der Waals surface area contributed by atoms with Crippen molar-refractivity contribution in [2.24, 2.45) is 14.1 Å². The molecular formula is C13H12N6O2S2. The summed E-state index contributed by atoms with van der Waals surface area (Å²) in [5.74, 6) is 0.627. The third-order valence-corrected chi connectivity index (χ3v) is 5.25. The van der Waals surface area contributed by atoms with Crippen LogP contribution in [0.4, 0.5) is 0 Å². The van der Waals surface area contributed by atoms with Crippen molar-refractivity contribution in [1.82, 2.24) is 28.5 Å². The molecule has 0 aliphatic rings. The lowest BCUT2D eigenvalue weighted by atomic mass is 10.5. The summed E-state index contributed by atoms with van der Waals surface area (Å²) in [7, 11) is 3.05. The Balaban J connectivity index is 1.68. The number of hydrogen-bond acceptors (Lipinski definition) is 6. The molecule has 4 rings (SSSR count). The van der Waals surface area contributed by atoms with Gasteiger partial charge in [-0.2, -0.15) is 0 Å². The maximum Gasteiger partial charge on any atom is 0.332 e. The Morgan fingerprint density at radius 3 is 2.87 bits per heavy atom. The van der Waals surface area contributed by atoms with E-state index in [1.54, 1.807) is 18.4 Å². The zero-order valence-electron chi connectivity index (χ0n) is 12.3. The number of nitrogens with zero attached hydrogens (tertiary/aromatic N) is 5. The molecule has 1 N–H and O–H groups in total. The van der Waals surface area contributed by atoms with Gasteiger partial charge in [-0.25, -0.2) is 14.8 Å². The number of aryl methyl sites for hydroxylation is 1. The smallest absolute Gasteiger partial charge is 0.327 e. The summed E-state index contributed by atoms with van der Waals surface area (Å²) < 4.78 is 4.40. The van der Waals surface area contributed by atoms with Crippen LogP contribution in [-0.2, 0) is 19.8 Å². The summed E-state index contributed by atoms with van der Waals surface area (Å²) >= 11 is 3.02. The van der Waals surface area contributed by atoms with Crippen molar-refractivity contribution in [3.8, 4) is 0 Å². The first-order valence-electron chi connectivity index (χ1n) is 6.74. The van der Waals surface area contributed by atoms with Crippen LogP contribution in [0.25, 0.3) is 16.1 Å². The highest BCUT2D eigenvalue weighted by Crippen LogP contribution is 2.22. The average molecular weight is 348 g/mol. The molecule has 0 saturated heterocycles. The third-order valence-electron chi connectivity index (χ3n) is 3.57. The molecule has 0 aliphatic heterocycles. The van der Waals surface area contributed by atoms with E-state index in [-0.39, 0.29) is 11.2 Å². The highest BCUT2D eigenvalue weighted by molar-refractivity contribution is 7.98. The van der Waals surface area contributed by atoms with Crippen molar-refractivity contribution < 1.29 is 0 Å². The monoisotopic (exact) mass is 348 g/mol. The number of thioether (sulfide) groups is 1. The van der Waals surface area contributed by atoms with Gasteiger partial charge in [0.2, 0.25) is 0 Å². The summed E-state index contributed by atoms with van der Waals surface area (Å²) in [6.45, 7) is 0. The summed E-state index contributed by atoms with van der Waals surface area (Å²) in [5.41, 5.74) is 0.878. The number of rotatable bonds is 3. The van der Waals surface area contributed by atoms with Crippen molar-refractivity contribution in [2.45, 2.75) is 10.9 Å². The lowest BCUT2D eigenvalue weighted by Crippen LogP contribution is -2.36. The fourth-order valence-electron chi connectivity index (χ4n) is 2.36. The molecule has 4 heterocycles. The number of thiazole rings is 1. The Kier molecular flexibility index (Phi) is 3.16. The van der Waals surface area contributed by atoms with Crippen LogP contribution in [0.15, 0.2) is 32.5 Å². The molecule has 0 saturated carbocycles. The lowest BCUT2D eigenvalue weighted by molar-refractivity contribution is 0.708. The predicted molar refractivity (Wildman–Crippen MR) is 89.2 cm³/mol. The summed E-state index contributed by atoms with van der Waals surface area (Å²) in [4.78, 5) is 36.8. The van der Waals surface area contributed by atoms with Crippen LogP contribution in [-0.4, -0.2) is 28.5 Å². The minimum absolute atomic E-state index is 0.336. The molecule has 0 amide bonds. The molecule has 0 atom stereocenters. The van der Waals surface area contributed by atoms with Gasteiger partial charge >= 0.3 is 5.69 Å². The van der Waals surface area contributed by atoms with Crippen molar-refractivity contribution in [3.05, 3.63) is 44.3 Å². The van der Waals surface area contributed by atoms with Crippen LogP contribution < -0.4 is 11.2 Å². The van der Waals surface area contributed by atoms with Crippen molar-refractivity contribution in [3.63, 3.8) is 0 Å². The quantitative estimate of drug-likeness (QED) is 0.557. The van der Waals surface area contributed by atoms with Gasteiger partial charge in [-0.15, -0.1) is 11.3 Å². The lowest BCUT2D eigenvalue weighted by Gasteiger charge is -2.00. The number of H-pyrrole nitrogens is 1. The number of aromatic amines is 1. The van der Waals surface area contributed by atoms with Crippen LogP contribution in [0.3, 0.4) is 0 Å². The van der Waals surface area contributed by atoms with Crippen molar-refractivity contribution in [1.29, 1.82) is 0 Å². The standard InChI is InChI=1S/C13H12N6O2S2/c1-17-9-8(10(20)18(2)13(17)21)15-11(16-9)23-6-7-5-19-3-4-22-12(19)14-7/h3-5H,6H2,1-2H3,(H,15,16). The second kappa shape index (κ2) is 5.10. The predicted octanol–water partition coefficient (Wildman–Crippen LogP) is 0.962. The van der Waals surface area contributed by atoms with Crippen molar-refractivity contribution in [2.75, 3.05) is 0 Å². The highest BCUT2D eigenvalue weighted by Gasteiger charge is 2.14. The first-order chi connectivity index (χ1) is 11.0. The van der Waals surface area contributed by atoms with E-state index >= 15 is 0 Å². The van der Waals surface area contributed by atoms with Gasteiger partial charge < -0.3 is 4.98 Å². The largest absolute Gasteiger partial charge is 0.332 e. The molecule has 0 fully saturated rings. The Morgan fingerprint density at radius 1 is 1.26 bits per heavy atom. The van der Waals surface area contributed by atoms with Gasteiger partial charge in [0.05, 0.1) is 5.69 Å². The molecule has 8 nitrogen and oxygen atoms in total. The van der Waals surface area contributed by atoms with E-state index in [0.29, 0.717) is 22.1 Å². The Bertz CT molecular complexity index is 1120. The number of imidazole rings is 2. The minimum atomic E-state index is -0.389. The first kappa shape index (κ1) is 14.3. The summed E-state index contributed by atoms with van der Waals surface area (Å²) in [6.07, 6.45) is 3.93. The number of hydrogen-bond donors (Lipinski definition) is 1. The zero-order chi connectivity index (χ0) is 16.1. The number of aromatic nitrogens is 6. The van der Waals surface area contributed by atoms with E-state index in [1.807, 2.05) is 22.2 Å². The van der Waals surface area contributed by atoms with E-state index in [1.165, 1.54) is 23.4 Å². The van der Waals surface area contributed by atoms with Crippen LogP contribution in [0.2, 0.25) is 0 Å². The van der Waals surface area contributed by atoms with E-state index in [0.717, 1.165) is 15.2 Å². The topological polar surface area (TPSA) is 90.0 Å². The number of fused-ring (bicyclic) bond motifs is 2. The maximum absolute atomic E-state index is 12.1. The SMILES string of the molecule is Cn1c(=O)c2[nH]c(SCc3cn4ccsc4n3)nc2n(C)c1=O. The molecule has 23 heavy (non-hydrogen) atoms. The Labute approximate surface area is 137 Å². The molecule has 0 spiro atoms. The van der Waals surface area contributed by atoms with Gasteiger partial charge in [-0.05, 0) is 0 Å².